The lowest BCUT2D eigenvalue weighted by atomic mass is 10.1. The van der Waals surface area contributed by atoms with Crippen LogP contribution in [0.2, 0.25) is 0 Å². The maximum atomic E-state index is 5.58. The van der Waals surface area contributed by atoms with Crippen LogP contribution in [0.4, 0.5) is 0 Å². The lowest BCUT2D eigenvalue weighted by Gasteiger charge is -2.06. The number of aromatic nitrogens is 1. The van der Waals surface area contributed by atoms with Crippen LogP contribution in [0.15, 0.2) is 24.3 Å². The summed E-state index contributed by atoms with van der Waals surface area (Å²) in [5.41, 5.74) is 8.18. The Balaban J connectivity index is 2.72. The van der Waals surface area contributed by atoms with E-state index in [2.05, 4.69) is 4.98 Å². The number of pyridine rings is 1. The highest BCUT2D eigenvalue weighted by Gasteiger charge is 2.05. The predicted octanol–water partition coefficient (Wildman–Crippen LogP) is 2.19. The van der Waals surface area contributed by atoms with Gasteiger partial charge in [0.15, 0.2) is 0 Å². The molecule has 0 bridgehead atoms. The van der Waals surface area contributed by atoms with Gasteiger partial charge in [0, 0.05) is 11.5 Å². The Morgan fingerprint density at radius 2 is 2.12 bits per heavy atom. The molecule has 2 rings (SSSR count). The Morgan fingerprint density at radius 1 is 1.38 bits per heavy atom. The molecular formula is C12H12N2OS. The SMILES string of the molecule is COc1ccc2c(C)cc(C(N)=S)nc2c1. The average molecular weight is 232 g/mol. The van der Waals surface area contributed by atoms with E-state index in [1.54, 1.807) is 7.11 Å². The van der Waals surface area contributed by atoms with E-state index in [1.807, 2.05) is 31.2 Å². The summed E-state index contributed by atoms with van der Waals surface area (Å²) in [6.07, 6.45) is 0. The Kier molecular flexibility index (Phi) is 2.75. The van der Waals surface area contributed by atoms with Gasteiger partial charge in [-0.15, -0.1) is 0 Å². The topological polar surface area (TPSA) is 48.1 Å². The van der Waals surface area contributed by atoms with Gasteiger partial charge in [0.25, 0.3) is 0 Å². The Labute approximate surface area is 99.2 Å². The van der Waals surface area contributed by atoms with Crippen molar-refractivity contribution in [2.24, 2.45) is 5.73 Å². The number of aryl methyl sites for hydroxylation is 1. The number of thiocarbonyl (C=S) groups is 1. The summed E-state index contributed by atoms with van der Waals surface area (Å²) in [7, 11) is 1.63. The summed E-state index contributed by atoms with van der Waals surface area (Å²) in [5.74, 6) is 0.777. The summed E-state index contributed by atoms with van der Waals surface area (Å²) >= 11 is 4.93. The van der Waals surface area contributed by atoms with Gasteiger partial charge in [0.05, 0.1) is 18.3 Å². The molecule has 1 aromatic heterocycles. The zero-order valence-corrected chi connectivity index (χ0v) is 9.97. The smallest absolute Gasteiger partial charge is 0.122 e. The molecule has 0 amide bonds. The second-order valence-corrected chi connectivity index (χ2v) is 4.01. The van der Waals surface area contributed by atoms with Crippen LogP contribution < -0.4 is 10.5 Å². The quantitative estimate of drug-likeness (QED) is 0.806. The summed E-state index contributed by atoms with van der Waals surface area (Å²) < 4.78 is 5.16. The van der Waals surface area contributed by atoms with Crippen LogP contribution in [-0.4, -0.2) is 17.1 Å². The minimum Gasteiger partial charge on any atom is -0.497 e. The van der Waals surface area contributed by atoms with Gasteiger partial charge in [-0.3, -0.25) is 0 Å². The summed E-state index contributed by atoms with van der Waals surface area (Å²) in [4.78, 5) is 4.71. The number of hydrogen-bond donors (Lipinski definition) is 1. The lowest BCUT2D eigenvalue weighted by Crippen LogP contribution is -2.11. The van der Waals surface area contributed by atoms with E-state index in [0.717, 1.165) is 22.2 Å². The molecule has 0 atom stereocenters. The number of rotatable bonds is 2. The van der Waals surface area contributed by atoms with Crippen molar-refractivity contribution in [1.29, 1.82) is 0 Å². The fourth-order valence-electron chi connectivity index (χ4n) is 1.64. The van der Waals surface area contributed by atoms with E-state index in [-0.39, 0.29) is 0 Å². The number of hydrogen-bond acceptors (Lipinski definition) is 3. The van der Waals surface area contributed by atoms with Crippen LogP contribution >= 0.6 is 12.2 Å². The van der Waals surface area contributed by atoms with E-state index in [0.29, 0.717) is 10.7 Å². The Hall–Kier alpha value is -1.68. The van der Waals surface area contributed by atoms with E-state index >= 15 is 0 Å². The Bertz CT molecular complexity index is 566. The summed E-state index contributed by atoms with van der Waals surface area (Å²) in [5, 5.41) is 1.08. The van der Waals surface area contributed by atoms with Gasteiger partial charge in [-0.1, -0.05) is 12.2 Å². The lowest BCUT2D eigenvalue weighted by molar-refractivity contribution is 0.415. The number of nitrogens with two attached hydrogens (primary N) is 1. The molecule has 4 heteroatoms. The zero-order valence-electron chi connectivity index (χ0n) is 9.15. The van der Waals surface area contributed by atoms with Crippen molar-refractivity contribution in [2.75, 3.05) is 7.11 Å². The molecular weight excluding hydrogens is 220 g/mol. The zero-order chi connectivity index (χ0) is 11.7. The first kappa shape index (κ1) is 10.8. The molecule has 0 unspecified atom stereocenters. The van der Waals surface area contributed by atoms with Crippen LogP contribution in [0.3, 0.4) is 0 Å². The van der Waals surface area contributed by atoms with Gasteiger partial charge in [-0.25, -0.2) is 4.98 Å². The fraction of sp³-hybridized carbons (Fsp3) is 0.167. The van der Waals surface area contributed by atoms with Crippen molar-refractivity contribution < 1.29 is 4.74 Å². The second kappa shape index (κ2) is 4.06. The van der Waals surface area contributed by atoms with Gasteiger partial charge in [-0.05, 0) is 30.7 Å². The van der Waals surface area contributed by atoms with Gasteiger partial charge in [0.2, 0.25) is 0 Å². The molecule has 16 heavy (non-hydrogen) atoms. The number of methoxy groups -OCH3 is 1. The minimum absolute atomic E-state index is 0.313. The third-order valence-corrected chi connectivity index (χ3v) is 2.69. The van der Waals surface area contributed by atoms with Crippen LogP contribution in [0.5, 0.6) is 5.75 Å². The molecule has 0 fully saturated rings. The third kappa shape index (κ3) is 1.84. The molecule has 2 N–H and O–H groups in total. The first-order chi connectivity index (χ1) is 7.61. The summed E-state index contributed by atoms with van der Waals surface area (Å²) in [6, 6.07) is 7.68. The maximum Gasteiger partial charge on any atom is 0.122 e. The molecule has 2 aromatic rings. The Morgan fingerprint density at radius 3 is 2.75 bits per heavy atom. The number of benzene rings is 1. The average Bonchev–Trinajstić information content (AvgIpc) is 2.28. The molecule has 1 aromatic carbocycles. The molecule has 0 aliphatic heterocycles. The van der Waals surface area contributed by atoms with E-state index in [1.165, 1.54) is 0 Å². The molecule has 82 valence electrons. The highest BCUT2D eigenvalue weighted by atomic mass is 32.1. The highest BCUT2D eigenvalue weighted by molar-refractivity contribution is 7.80. The second-order valence-electron chi connectivity index (χ2n) is 3.57. The normalized spacial score (nSPS) is 10.4. The van der Waals surface area contributed by atoms with Crippen molar-refractivity contribution in [3.63, 3.8) is 0 Å². The number of fused-ring (bicyclic) bond motifs is 1. The monoisotopic (exact) mass is 232 g/mol. The predicted molar refractivity (Wildman–Crippen MR) is 68.9 cm³/mol. The molecule has 0 radical (unpaired) electrons. The van der Waals surface area contributed by atoms with Gasteiger partial charge < -0.3 is 10.5 Å². The summed E-state index contributed by atoms with van der Waals surface area (Å²) in [6.45, 7) is 2.01. The molecule has 1 heterocycles. The standard InChI is InChI=1S/C12H12N2OS/c1-7-5-11(12(13)16)14-10-6-8(15-2)3-4-9(7)10/h3-6H,1-2H3,(H2,13,16). The largest absolute Gasteiger partial charge is 0.497 e. The van der Waals surface area contributed by atoms with Gasteiger partial charge >= 0.3 is 0 Å². The van der Waals surface area contributed by atoms with Crippen molar-refractivity contribution in [3.8, 4) is 5.75 Å². The number of nitrogens with zero attached hydrogens (tertiary/aromatic N) is 1. The third-order valence-electron chi connectivity index (χ3n) is 2.48. The fourth-order valence-corrected chi connectivity index (χ4v) is 1.74. The van der Waals surface area contributed by atoms with Gasteiger partial charge in [0.1, 0.15) is 10.7 Å². The minimum atomic E-state index is 0.313. The molecule has 0 aliphatic rings. The number of ether oxygens (including phenoxy) is 1. The van der Waals surface area contributed by atoms with Crippen LogP contribution in [0.25, 0.3) is 10.9 Å². The molecule has 0 saturated heterocycles. The van der Waals surface area contributed by atoms with Crippen LogP contribution in [-0.2, 0) is 0 Å². The van der Waals surface area contributed by atoms with Crippen molar-refractivity contribution in [1.82, 2.24) is 4.98 Å². The molecule has 3 nitrogen and oxygen atoms in total. The van der Waals surface area contributed by atoms with E-state index in [4.69, 9.17) is 22.7 Å². The first-order valence-corrected chi connectivity index (χ1v) is 5.28. The van der Waals surface area contributed by atoms with Crippen LogP contribution in [0.1, 0.15) is 11.3 Å². The van der Waals surface area contributed by atoms with E-state index < -0.39 is 0 Å². The van der Waals surface area contributed by atoms with Crippen molar-refractivity contribution in [3.05, 3.63) is 35.5 Å². The van der Waals surface area contributed by atoms with Crippen molar-refractivity contribution >= 4 is 28.1 Å². The maximum absolute atomic E-state index is 5.58. The van der Waals surface area contributed by atoms with Gasteiger partial charge in [-0.2, -0.15) is 0 Å². The van der Waals surface area contributed by atoms with E-state index in [9.17, 15) is 0 Å². The first-order valence-electron chi connectivity index (χ1n) is 4.87. The molecule has 0 aliphatic carbocycles. The van der Waals surface area contributed by atoms with Crippen LogP contribution in [0, 0.1) is 6.92 Å². The molecule has 0 saturated carbocycles. The van der Waals surface area contributed by atoms with Crippen molar-refractivity contribution in [2.45, 2.75) is 6.92 Å². The molecule has 0 spiro atoms. The highest BCUT2D eigenvalue weighted by Crippen LogP contribution is 2.22.